The zero-order chi connectivity index (χ0) is 32.6. The molecule has 0 fully saturated rings. The maximum Gasteiger partial charge on any atom is 0.148 e. The first kappa shape index (κ1) is 29.7. The van der Waals surface area contributed by atoms with Crippen LogP contribution in [0.25, 0.3) is 33.4 Å². The highest BCUT2D eigenvalue weighted by Crippen LogP contribution is 2.52. The van der Waals surface area contributed by atoms with Crippen LogP contribution in [0.15, 0.2) is 127 Å². The van der Waals surface area contributed by atoms with Crippen LogP contribution in [0.4, 0.5) is 0 Å². The largest absolute Gasteiger partial charge is 0.148 e. The van der Waals surface area contributed by atoms with Crippen LogP contribution in [0.2, 0.25) is 6.04 Å². The van der Waals surface area contributed by atoms with Gasteiger partial charge in [0.15, 0.2) is 0 Å². The summed E-state index contributed by atoms with van der Waals surface area (Å²) in [5, 5.41) is 4.69. The molecule has 236 valence electrons. The molecule has 0 saturated carbocycles. The second kappa shape index (κ2) is 11.0. The van der Waals surface area contributed by atoms with Gasteiger partial charge in [0.25, 0.3) is 0 Å². The van der Waals surface area contributed by atoms with Crippen LogP contribution in [-0.2, 0) is 18.3 Å². The Morgan fingerprint density at radius 1 is 0.479 bits per heavy atom. The van der Waals surface area contributed by atoms with Gasteiger partial charge in [-0.25, -0.2) is 0 Å². The summed E-state index contributed by atoms with van der Waals surface area (Å²) >= 11 is 0. The Bertz CT molecular complexity index is 2130. The van der Waals surface area contributed by atoms with Crippen LogP contribution in [0.3, 0.4) is 0 Å². The molecule has 0 saturated heterocycles. The molecule has 0 heterocycles. The Morgan fingerprint density at radius 3 is 1.46 bits per heavy atom. The van der Waals surface area contributed by atoms with E-state index < -0.39 is 8.07 Å². The van der Waals surface area contributed by atoms with Crippen molar-refractivity contribution in [2.45, 2.75) is 64.8 Å². The van der Waals surface area contributed by atoms with Gasteiger partial charge >= 0.3 is 0 Å². The predicted molar refractivity (Wildman–Crippen MR) is 207 cm³/mol. The molecular formula is C47H44Si. The maximum absolute atomic E-state index is 2.71. The minimum absolute atomic E-state index is 0.0546. The highest BCUT2D eigenvalue weighted by Gasteiger charge is 2.45. The number of hydrogen-bond donors (Lipinski definition) is 0. The predicted octanol–water partition coefficient (Wildman–Crippen LogP) is 10.0. The Hall–Kier alpha value is -4.46. The average molecular weight is 637 g/mol. The van der Waals surface area contributed by atoms with E-state index in [2.05, 4.69) is 155 Å². The first-order chi connectivity index (χ1) is 23.5. The molecule has 0 unspecified atom stereocenters. The van der Waals surface area contributed by atoms with E-state index in [1.165, 1.54) is 67.2 Å². The molecule has 0 atom stereocenters. The molecule has 1 heteroatoms. The van der Waals surface area contributed by atoms with Crippen LogP contribution < -0.4 is 15.6 Å². The Morgan fingerprint density at radius 2 is 0.917 bits per heavy atom. The summed E-state index contributed by atoms with van der Waals surface area (Å²) in [6.45, 7) is 9.69. The third-order valence-corrected chi connectivity index (χ3v) is 17.6. The third-order valence-electron chi connectivity index (χ3n) is 12.3. The molecule has 6 aromatic carbocycles. The van der Waals surface area contributed by atoms with Gasteiger partial charge in [-0.05, 0) is 120 Å². The van der Waals surface area contributed by atoms with Gasteiger partial charge in [-0.1, -0.05) is 155 Å². The fourth-order valence-corrected chi connectivity index (χ4v) is 15.3. The van der Waals surface area contributed by atoms with Crippen molar-refractivity contribution >= 4 is 23.6 Å². The van der Waals surface area contributed by atoms with E-state index in [-0.39, 0.29) is 5.41 Å². The molecule has 3 aliphatic carbocycles. The normalized spacial score (nSPS) is 14.7. The van der Waals surface area contributed by atoms with Gasteiger partial charge in [0.2, 0.25) is 0 Å². The van der Waals surface area contributed by atoms with E-state index in [1.807, 2.05) is 0 Å². The standard InChI is InChI=1S/C47H44Si/c1-5-47(6-2)45-18-12-11-17-43(45)44-24-21-38(29-46(44)47)48(30-31(3)4,36-19-22-41-34(27-36)25-32-13-7-9-15-39(32)41)37-20-23-42-35(28-37)26-33-14-8-10-16-40(33)42/h7-24,27-29,31H,5-6,25-26,30H2,1-4H3. The maximum atomic E-state index is 2.71. The minimum atomic E-state index is -2.51. The van der Waals surface area contributed by atoms with Crippen molar-refractivity contribution < 1.29 is 0 Å². The van der Waals surface area contributed by atoms with Gasteiger partial charge in [0.1, 0.15) is 8.07 Å². The molecule has 0 aromatic heterocycles. The van der Waals surface area contributed by atoms with Crippen molar-refractivity contribution in [1.82, 2.24) is 0 Å². The van der Waals surface area contributed by atoms with E-state index in [9.17, 15) is 0 Å². The number of hydrogen-bond acceptors (Lipinski definition) is 0. The molecule has 0 spiro atoms. The summed E-state index contributed by atoms with van der Waals surface area (Å²) in [6, 6.07) is 51.5. The second-order valence-electron chi connectivity index (χ2n) is 15.0. The number of fused-ring (bicyclic) bond motifs is 9. The first-order valence-electron chi connectivity index (χ1n) is 18.1. The van der Waals surface area contributed by atoms with Gasteiger partial charge < -0.3 is 0 Å². The lowest BCUT2D eigenvalue weighted by molar-refractivity contribution is 0.490. The smallest absolute Gasteiger partial charge is 0.0642 e. The van der Waals surface area contributed by atoms with Crippen molar-refractivity contribution in [2.24, 2.45) is 5.92 Å². The quantitative estimate of drug-likeness (QED) is 0.121. The molecule has 0 bridgehead atoms. The van der Waals surface area contributed by atoms with Gasteiger partial charge in [-0.2, -0.15) is 0 Å². The Kier molecular flexibility index (Phi) is 6.82. The lowest BCUT2D eigenvalue weighted by Gasteiger charge is -2.37. The van der Waals surface area contributed by atoms with E-state index in [0.29, 0.717) is 5.92 Å². The number of benzene rings is 6. The third kappa shape index (κ3) is 4.13. The van der Waals surface area contributed by atoms with Crippen molar-refractivity contribution in [1.29, 1.82) is 0 Å². The Balaban J connectivity index is 1.30. The van der Waals surface area contributed by atoms with Crippen LogP contribution >= 0.6 is 0 Å². The van der Waals surface area contributed by atoms with Crippen molar-refractivity contribution in [3.63, 3.8) is 0 Å². The molecule has 0 aliphatic heterocycles. The summed E-state index contributed by atoms with van der Waals surface area (Å²) in [6.07, 6.45) is 4.28. The number of rotatable bonds is 7. The summed E-state index contributed by atoms with van der Waals surface area (Å²) in [5.74, 6) is 0.556. The van der Waals surface area contributed by atoms with Crippen molar-refractivity contribution in [2.75, 3.05) is 0 Å². The molecule has 48 heavy (non-hydrogen) atoms. The van der Waals surface area contributed by atoms with Crippen molar-refractivity contribution in [3.8, 4) is 33.4 Å². The van der Waals surface area contributed by atoms with E-state index in [4.69, 9.17) is 0 Å². The van der Waals surface area contributed by atoms with Crippen LogP contribution in [0, 0.1) is 5.92 Å². The monoisotopic (exact) mass is 636 g/mol. The van der Waals surface area contributed by atoms with E-state index in [1.54, 1.807) is 21.1 Å². The summed E-state index contributed by atoms with van der Waals surface area (Å²) in [4.78, 5) is 0. The van der Waals surface area contributed by atoms with Gasteiger partial charge in [-0.3, -0.25) is 0 Å². The zero-order valence-corrected chi connectivity index (χ0v) is 29.7. The Labute approximate surface area is 287 Å². The molecule has 0 amide bonds. The van der Waals surface area contributed by atoms with Gasteiger partial charge in [-0.15, -0.1) is 0 Å². The van der Waals surface area contributed by atoms with Gasteiger partial charge in [0.05, 0.1) is 0 Å². The zero-order valence-electron chi connectivity index (χ0n) is 28.7. The lowest BCUT2D eigenvalue weighted by Crippen LogP contribution is -2.67. The fraction of sp³-hybridized carbons (Fsp3) is 0.234. The molecule has 0 nitrogen and oxygen atoms in total. The fourth-order valence-electron chi connectivity index (χ4n) is 10.0. The molecular weight excluding hydrogens is 593 g/mol. The SMILES string of the molecule is CCC1(CC)c2ccccc2-c2ccc([Si](CC(C)C)(c3ccc4c(c3)Cc3ccccc3-4)c3ccc4c(c3)Cc3ccccc3-4)cc21. The minimum Gasteiger partial charge on any atom is -0.0642 e. The molecule has 9 rings (SSSR count). The van der Waals surface area contributed by atoms with Crippen LogP contribution in [0.5, 0.6) is 0 Å². The van der Waals surface area contributed by atoms with Crippen molar-refractivity contribution in [3.05, 3.63) is 161 Å². The summed E-state index contributed by atoms with van der Waals surface area (Å²) in [5.41, 5.74) is 17.6. The second-order valence-corrected chi connectivity index (χ2v) is 19.0. The highest BCUT2D eigenvalue weighted by molar-refractivity contribution is 7.11. The summed E-state index contributed by atoms with van der Waals surface area (Å²) in [7, 11) is -2.51. The average Bonchev–Trinajstić information content (AvgIpc) is 3.77. The summed E-state index contributed by atoms with van der Waals surface area (Å²) < 4.78 is 0. The van der Waals surface area contributed by atoms with E-state index >= 15 is 0 Å². The molecule has 0 radical (unpaired) electrons. The van der Waals surface area contributed by atoms with E-state index in [0.717, 1.165) is 25.7 Å². The van der Waals surface area contributed by atoms with Crippen LogP contribution in [0.1, 0.15) is 73.9 Å². The molecule has 6 aromatic rings. The molecule has 0 N–H and O–H groups in total. The van der Waals surface area contributed by atoms with Crippen LogP contribution in [-0.4, -0.2) is 8.07 Å². The lowest BCUT2D eigenvalue weighted by atomic mass is 9.74. The topological polar surface area (TPSA) is 0 Å². The molecule has 3 aliphatic rings. The highest BCUT2D eigenvalue weighted by atomic mass is 28.3. The first-order valence-corrected chi connectivity index (χ1v) is 20.4. The van der Waals surface area contributed by atoms with Gasteiger partial charge in [0, 0.05) is 5.41 Å².